The van der Waals surface area contributed by atoms with Crippen molar-refractivity contribution < 1.29 is 0 Å². The van der Waals surface area contributed by atoms with E-state index in [1.54, 1.807) is 17.0 Å². The molecule has 1 N–H and O–H groups in total. The first kappa shape index (κ1) is 17.7. The van der Waals surface area contributed by atoms with Crippen molar-refractivity contribution in [2.75, 3.05) is 18.0 Å². The van der Waals surface area contributed by atoms with Gasteiger partial charge in [-0.1, -0.05) is 0 Å². The molecule has 7 nitrogen and oxygen atoms in total. The Bertz CT molecular complexity index is 703. The first-order valence-corrected chi connectivity index (χ1v) is 9.21. The molecule has 1 saturated heterocycles. The van der Waals surface area contributed by atoms with Gasteiger partial charge in [-0.25, -0.2) is 4.98 Å². The highest BCUT2D eigenvalue weighted by Gasteiger charge is 2.23. The molecule has 3 heterocycles. The summed E-state index contributed by atoms with van der Waals surface area (Å²) in [5.74, 6) is 0.592. The van der Waals surface area contributed by atoms with E-state index in [-0.39, 0.29) is 5.56 Å². The Kier molecular flexibility index (Phi) is 5.86. The van der Waals surface area contributed by atoms with Crippen molar-refractivity contribution in [3.8, 4) is 0 Å². The van der Waals surface area contributed by atoms with Gasteiger partial charge in [0.1, 0.15) is 0 Å². The summed E-state index contributed by atoms with van der Waals surface area (Å²) in [6, 6.07) is 2.91. The van der Waals surface area contributed by atoms with Crippen LogP contribution in [0.3, 0.4) is 0 Å². The highest BCUT2D eigenvalue weighted by atomic mass is 16.1. The molecule has 1 fully saturated rings. The van der Waals surface area contributed by atoms with E-state index in [4.69, 9.17) is 0 Å². The molecule has 0 aliphatic carbocycles. The predicted molar refractivity (Wildman–Crippen MR) is 98.8 cm³/mol. The molecule has 2 aromatic heterocycles. The molecule has 3 rings (SSSR count). The van der Waals surface area contributed by atoms with Crippen LogP contribution in [0.4, 0.5) is 5.82 Å². The van der Waals surface area contributed by atoms with Crippen molar-refractivity contribution in [1.82, 2.24) is 24.6 Å². The largest absolute Gasteiger partial charge is 0.352 e. The molecule has 25 heavy (non-hydrogen) atoms. The van der Waals surface area contributed by atoms with Gasteiger partial charge in [0.15, 0.2) is 5.82 Å². The highest BCUT2D eigenvalue weighted by molar-refractivity contribution is 5.36. The summed E-state index contributed by atoms with van der Waals surface area (Å²) < 4.78 is 3.69. The number of hydrogen-bond donors (Lipinski definition) is 1. The van der Waals surface area contributed by atoms with Crippen LogP contribution in [0.25, 0.3) is 0 Å². The maximum absolute atomic E-state index is 12.4. The van der Waals surface area contributed by atoms with Crippen molar-refractivity contribution in [3.63, 3.8) is 0 Å². The maximum Gasteiger partial charge on any atom is 0.293 e. The second-order valence-corrected chi connectivity index (χ2v) is 6.73. The molecule has 0 radical (unpaired) electrons. The highest BCUT2D eigenvalue weighted by Crippen LogP contribution is 2.15. The minimum Gasteiger partial charge on any atom is -0.352 e. The molecule has 7 heteroatoms. The van der Waals surface area contributed by atoms with Gasteiger partial charge in [-0.3, -0.25) is 9.48 Å². The van der Waals surface area contributed by atoms with Crippen LogP contribution < -0.4 is 15.8 Å². The summed E-state index contributed by atoms with van der Waals surface area (Å²) in [6.07, 6.45) is 10.4. The van der Waals surface area contributed by atoms with Gasteiger partial charge in [-0.15, -0.1) is 0 Å². The maximum atomic E-state index is 12.4. The summed E-state index contributed by atoms with van der Waals surface area (Å²) in [6.45, 7) is 7.57. The van der Waals surface area contributed by atoms with Crippen LogP contribution in [0.15, 0.2) is 35.6 Å². The molecule has 1 unspecified atom stereocenters. The standard InChI is InChI=1S/C18H28N6O/c1-3-22-14-9-19-17(18(22)25)23-11-6-16(7-12-23)21-15(2)5-13-24-10-4-8-20-24/h4,8-10,14-16,21H,3,5-7,11-13H2,1-2H3. The van der Waals surface area contributed by atoms with E-state index in [1.807, 2.05) is 30.1 Å². The molecule has 1 aliphatic heterocycles. The number of rotatable bonds is 7. The zero-order valence-corrected chi connectivity index (χ0v) is 15.1. The van der Waals surface area contributed by atoms with Crippen LogP contribution in [0.1, 0.15) is 33.1 Å². The minimum atomic E-state index is 0.0176. The van der Waals surface area contributed by atoms with E-state index >= 15 is 0 Å². The van der Waals surface area contributed by atoms with Crippen molar-refractivity contribution in [1.29, 1.82) is 0 Å². The van der Waals surface area contributed by atoms with Gasteiger partial charge >= 0.3 is 0 Å². The molecule has 0 spiro atoms. The Balaban J connectivity index is 1.48. The fourth-order valence-electron chi connectivity index (χ4n) is 3.40. The topological polar surface area (TPSA) is 68.0 Å². The van der Waals surface area contributed by atoms with Crippen LogP contribution in [-0.2, 0) is 13.1 Å². The second kappa shape index (κ2) is 8.29. The molecular formula is C18H28N6O. The monoisotopic (exact) mass is 344 g/mol. The van der Waals surface area contributed by atoms with Gasteiger partial charge in [0.05, 0.1) is 0 Å². The third kappa shape index (κ3) is 4.48. The Morgan fingerprint density at radius 3 is 2.76 bits per heavy atom. The van der Waals surface area contributed by atoms with Crippen LogP contribution >= 0.6 is 0 Å². The van der Waals surface area contributed by atoms with Gasteiger partial charge in [0.25, 0.3) is 5.56 Å². The van der Waals surface area contributed by atoms with Crippen molar-refractivity contribution >= 4 is 5.82 Å². The normalized spacial score (nSPS) is 17.0. The van der Waals surface area contributed by atoms with Crippen LogP contribution in [0, 0.1) is 0 Å². The van der Waals surface area contributed by atoms with E-state index in [9.17, 15) is 4.79 Å². The zero-order valence-electron chi connectivity index (χ0n) is 15.1. The Morgan fingerprint density at radius 2 is 2.08 bits per heavy atom. The number of aryl methyl sites for hydroxylation is 2. The number of nitrogens with one attached hydrogen (secondary N) is 1. The van der Waals surface area contributed by atoms with Crippen LogP contribution in [-0.4, -0.2) is 44.5 Å². The Morgan fingerprint density at radius 1 is 1.28 bits per heavy atom. The van der Waals surface area contributed by atoms with Gasteiger partial charge in [0.2, 0.25) is 0 Å². The first-order valence-electron chi connectivity index (χ1n) is 9.21. The average molecular weight is 344 g/mol. The molecule has 0 aromatic carbocycles. The molecule has 2 aromatic rings. The van der Waals surface area contributed by atoms with Crippen molar-refractivity contribution in [3.05, 3.63) is 41.2 Å². The summed E-state index contributed by atoms with van der Waals surface area (Å²) in [7, 11) is 0. The molecule has 0 amide bonds. The quantitative estimate of drug-likeness (QED) is 0.824. The van der Waals surface area contributed by atoms with Gasteiger partial charge in [-0.05, 0) is 39.2 Å². The Labute approximate surface area is 148 Å². The predicted octanol–water partition coefficient (Wildman–Crippen LogP) is 1.50. The van der Waals surface area contributed by atoms with E-state index in [0.717, 1.165) is 38.9 Å². The fourth-order valence-corrected chi connectivity index (χ4v) is 3.40. The molecule has 1 aliphatic rings. The number of anilines is 1. The smallest absolute Gasteiger partial charge is 0.293 e. The molecule has 0 bridgehead atoms. The Hall–Kier alpha value is -2.15. The van der Waals surface area contributed by atoms with E-state index in [1.165, 1.54) is 0 Å². The third-order valence-electron chi connectivity index (χ3n) is 4.90. The molecule has 136 valence electrons. The summed E-state index contributed by atoms with van der Waals surface area (Å²) >= 11 is 0. The van der Waals surface area contributed by atoms with E-state index in [2.05, 4.69) is 27.2 Å². The van der Waals surface area contributed by atoms with Crippen LogP contribution in [0.5, 0.6) is 0 Å². The van der Waals surface area contributed by atoms with Gasteiger partial charge in [-0.2, -0.15) is 5.10 Å². The number of piperidine rings is 1. The first-order chi connectivity index (χ1) is 12.2. The molecule has 0 saturated carbocycles. The summed E-state index contributed by atoms with van der Waals surface area (Å²) in [5.41, 5.74) is 0.0176. The minimum absolute atomic E-state index is 0.0176. The third-order valence-corrected chi connectivity index (χ3v) is 4.90. The van der Waals surface area contributed by atoms with Crippen LogP contribution in [0.2, 0.25) is 0 Å². The number of aromatic nitrogens is 4. The lowest BCUT2D eigenvalue weighted by Gasteiger charge is -2.34. The number of nitrogens with zero attached hydrogens (tertiary/aromatic N) is 5. The second-order valence-electron chi connectivity index (χ2n) is 6.73. The van der Waals surface area contributed by atoms with E-state index < -0.39 is 0 Å². The lowest BCUT2D eigenvalue weighted by Crippen LogP contribution is -2.47. The lowest BCUT2D eigenvalue weighted by atomic mass is 10.0. The lowest BCUT2D eigenvalue weighted by molar-refractivity contribution is 0.353. The summed E-state index contributed by atoms with van der Waals surface area (Å²) in [5, 5.41) is 7.96. The number of hydrogen-bond acceptors (Lipinski definition) is 5. The van der Waals surface area contributed by atoms with Gasteiger partial charge < -0.3 is 14.8 Å². The SMILES string of the molecule is CCn1ccnc(N2CCC(NC(C)CCn3cccn3)CC2)c1=O. The average Bonchev–Trinajstić information content (AvgIpc) is 3.15. The van der Waals surface area contributed by atoms with Crippen molar-refractivity contribution in [2.24, 2.45) is 0 Å². The fraction of sp³-hybridized carbons (Fsp3) is 0.611. The molecular weight excluding hydrogens is 316 g/mol. The van der Waals surface area contributed by atoms with Crippen molar-refractivity contribution in [2.45, 2.75) is 58.3 Å². The van der Waals surface area contributed by atoms with Gasteiger partial charge in [0, 0.05) is 63.1 Å². The zero-order chi connectivity index (χ0) is 17.6. The van der Waals surface area contributed by atoms with E-state index in [0.29, 0.717) is 24.4 Å². The molecule has 1 atom stereocenters. The summed E-state index contributed by atoms with van der Waals surface area (Å²) in [4.78, 5) is 18.8.